The molecule has 1 heterocycles. The molecule has 2 atom stereocenters. The van der Waals surface area contributed by atoms with Gasteiger partial charge in [-0.25, -0.2) is 0 Å². The Hall–Kier alpha value is -0.870. The molecule has 0 radical (unpaired) electrons. The van der Waals surface area contributed by atoms with Gasteiger partial charge < -0.3 is 14.2 Å². The third-order valence-corrected chi connectivity index (χ3v) is 1.28. The van der Waals surface area contributed by atoms with Crippen LogP contribution >= 0.6 is 0 Å². The highest BCUT2D eigenvalue weighted by Crippen LogP contribution is 2.09. The molecule has 1 fully saturated rings. The van der Waals surface area contributed by atoms with Crippen LogP contribution in [0.4, 0.5) is 0 Å². The van der Waals surface area contributed by atoms with Crippen LogP contribution in [0.25, 0.3) is 0 Å². The number of ether oxygens (including phenoxy) is 3. The summed E-state index contributed by atoms with van der Waals surface area (Å²) in [5.41, 5.74) is 0. The molecular weight excluding hydrogens is 148 g/mol. The highest BCUT2D eigenvalue weighted by Gasteiger charge is 2.25. The van der Waals surface area contributed by atoms with Crippen LogP contribution in [-0.4, -0.2) is 31.9 Å². The van der Waals surface area contributed by atoms with Crippen molar-refractivity contribution >= 4 is 6.29 Å². The van der Waals surface area contributed by atoms with E-state index in [0.717, 1.165) is 0 Å². The lowest BCUT2D eigenvalue weighted by molar-refractivity contribution is -0.133. The molecular formula is C7H10O4. The van der Waals surface area contributed by atoms with E-state index >= 15 is 0 Å². The summed E-state index contributed by atoms with van der Waals surface area (Å²) >= 11 is 0. The number of aldehydes is 1. The summed E-state index contributed by atoms with van der Waals surface area (Å²) in [6.07, 6.45) is 1.09. The Morgan fingerprint density at radius 2 is 2.55 bits per heavy atom. The van der Waals surface area contributed by atoms with Crippen LogP contribution in [0.3, 0.4) is 0 Å². The van der Waals surface area contributed by atoms with Crippen molar-refractivity contribution in [3.63, 3.8) is 0 Å². The lowest BCUT2D eigenvalue weighted by Crippen LogP contribution is -2.17. The minimum atomic E-state index is -0.714. The van der Waals surface area contributed by atoms with Gasteiger partial charge in [-0.15, -0.1) is 0 Å². The van der Waals surface area contributed by atoms with Crippen molar-refractivity contribution in [2.75, 3.05) is 13.2 Å². The summed E-state index contributed by atoms with van der Waals surface area (Å²) in [6, 6.07) is 0. The number of hydrogen-bond acceptors (Lipinski definition) is 4. The SMILES string of the molecule is C=COCC1COC(C=O)O1. The molecule has 4 heteroatoms. The fourth-order valence-electron chi connectivity index (χ4n) is 0.805. The Bertz CT molecular complexity index is 145. The minimum Gasteiger partial charge on any atom is -0.499 e. The standard InChI is InChI=1S/C7H10O4/c1-2-9-4-6-5-10-7(3-8)11-6/h2-3,6-7H,1,4-5H2. The van der Waals surface area contributed by atoms with Crippen molar-refractivity contribution in [3.05, 3.63) is 12.8 Å². The van der Waals surface area contributed by atoms with Crippen molar-refractivity contribution < 1.29 is 19.0 Å². The predicted octanol–water partition coefficient (Wildman–Crippen LogP) is 0.0869. The molecule has 0 amide bonds. The molecule has 0 aromatic heterocycles. The van der Waals surface area contributed by atoms with E-state index in [0.29, 0.717) is 19.5 Å². The fraction of sp³-hybridized carbons (Fsp3) is 0.571. The lowest BCUT2D eigenvalue weighted by Gasteiger charge is -2.06. The van der Waals surface area contributed by atoms with Crippen LogP contribution < -0.4 is 0 Å². The Balaban J connectivity index is 2.18. The maximum Gasteiger partial charge on any atom is 0.215 e. The fourth-order valence-corrected chi connectivity index (χ4v) is 0.805. The van der Waals surface area contributed by atoms with E-state index < -0.39 is 6.29 Å². The molecule has 62 valence electrons. The summed E-state index contributed by atoms with van der Waals surface area (Å²) in [4.78, 5) is 10.1. The predicted molar refractivity (Wildman–Crippen MR) is 36.8 cm³/mol. The van der Waals surface area contributed by atoms with Gasteiger partial charge in [0.25, 0.3) is 0 Å². The average molecular weight is 158 g/mol. The van der Waals surface area contributed by atoms with Crippen molar-refractivity contribution in [1.29, 1.82) is 0 Å². The molecule has 0 saturated carbocycles. The Morgan fingerprint density at radius 1 is 1.73 bits per heavy atom. The molecule has 2 unspecified atom stereocenters. The van der Waals surface area contributed by atoms with E-state index in [9.17, 15) is 4.79 Å². The van der Waals surface area contributed by atoms with E-state index in [1.54, 1.807) is 0 Å². The van der Waals surface area contributed by atoms with E-state index in [4.69, 9.17) is 14.2 Å². The summed E-state index contributed by atoms with van der Waals surface area (Å²) in [6.45, 7) is 4.16. The van der Waals surface area contributed by atoms with Gasteiger partial charge in [-0.05, 0) is 0 Å². The van der Waals surface area contributed by atoms with Gasteiger partial charge >= 0.3 is 0 Å². The summed E-state index contributed by atoms with van der Waals surface area (Å²) in [7, 11) is 0. The quantitative estimate of drug-likeness (QED) is 0.429. The summed E-state index contributed by atoms with van der Waals surface area (Å²) in [5.74, 6) is 0. The zero-order valence-corrected chi connectivity index (χ0v) is 6.06. The van der Waals surface area contributed by atoms with E-state index in [1.807, 2.05) is 0 Å². The Morgan fingerprint density at radius 3 is 3.09 bits per heavy atom. The van der Waals surface area contributed by atoms with Gasteiger partial charge in [0.05, 0.1) is 12.9 Å². The van der Waals surface area contributed by atoms with Crippen LogP contribution in [0.1, 0.15) is 0 Å². The molecule has 0 aliphatic carbocycles. The molecule has 0 spiro atoms. The van der Waals surface area contributed by atoms with Gasteiger partial charge in [0, 0.05) is 0 Å². The molecule has 0 aromatic rings. The zero-order valence-electron chi connectivity index (χ0n) is 6.06. The van der Waals surface area contributed by atoms with Crippen LogP contribution in [0.15, 0.2) is 12.8 Å². The maximum absolute atomic E-state index is 10.1. The Labute approximate surface area is 64.7 Å². The van der Waals surface area contributed by atoms with Crippen molar-refractivity contribution in [3.8, 4) is 0 Å². The Kier molecular flexibility index (Phi) is 3.07. The van der Waals surface area contributed by atoms with Crippen molar-refractivity contribution in [2.45, 2.75) is 12.4 Å². The van der Waals surface area contributed by atoms with Crippen molar-refractivity contribution in [1.82, 2.24) is 0 Å². The second-order valence-corrected chi connectivity index (χ2v) is 2.10. The van der Waals surface area contributed by atoms with Gasteiger partial charge in [-0.2, -0.15) is 0 Å². The second-order valence-electron chi connectivity index (χ2n) is 2.10. The molecule has 0 N–H and O–H groups in total. The number of carbonyl (C=O) groups excluding carboxylic acids is 1. The van der Waals surface area contributed by atoms with E-state index in [-0.39, 0.29) is 6.10 Å². The molecule has 1 aliphatic heterocycles. The smallest absolute Gasteiger partial charge is 0.215 e. The number of hydrogen-bond donors (Lipinski definition) is 0. The first kappa shape index (κ1) is 8.23. The molecule has 0 bridgehead atoms. The van der Waals surface area contributed by atoms with Crippen molar-refractivity contribution in [2.24, 2.45) is 0 Å². The first-order chi connectivity index (χ1) is 5.36. The molecule has 4 nitrogen and oxygen atoms in total. The zero-order chi connectivity index (χ0) is 8.10. The van der Waals surface area contributed by atoms with Crippen LogP contribution in [0.2, 0.25) is 0 Å². The summed E-state index contributed by atoms with van der Waals surface area (Å²) < 4.78 is 14.8. The van der Waals surface area contributed by atoms with Gasteiger partial charge in [-0.3, -0.25) is 4.79 Å². The molecule has 1 rings (SSSR count). The topological polar surface area (TPSA) is 44.8 Å². The van der Waals surface area contributed by atoms with Crippen LogP contribution in [0.5, 0.6) is 0 Å². The molecule has 0 aromatic carbocycles. The highest BCUT2D eigenvalue weighted by atomic mass is 16.7. The monoisotopic (exact) mass is 158 g/mol. The van der Waals surface area contributed by atoms with Crippen LogP contribution in [0, 0.1) is 0 Å². The third-order valence-electron chi connectivity index (χ3n) is 1.28. The second kappa shape index (κ2) is 4.10. The number of carbonyl (C=O) groups is 1. The lowest BCUT2D eigenvalue weighted by atomic mass is 10.4. The highest BCUT2D eigenvalue weighted by molar-refractivity contribution is 5.54. The van der Waals surface area contributed by atoms with E-state index in [2.05, 4.69) is 6.58 Å². The van der Waals surface area contributed by atoms with Gasteiger partial charge in [-0.1, -0.05) is 6.58 Å². The minimum absolute atomic E-state index is 0.150. The van der Waals surface area contributed by atoms with Gasteiger partial charge in [0.1, 0.15) is 12.7 Å². The molecule has 1 saturated heterocycles. The summed E-state index contributed by atoms with van der Waals surface area (Å²) in [5, 5.41) is 0. The van der Waals surface area contributed by atoms with Crippen LogP contribution in [-0.2, 0) is 19.0 Å². The molecule has 11 heavy (non-hydrogen) atoms. The number of rotatable bonds is 4. The van der Waals surface area contributed by atoms with E-state index in [1.165, 1.54) is 6.26 Å². The molecule has 1 aliphatic rings. The maximum atomic E-state index is 10.1. The van der Waals surface area contributed by atoms with Gasteiger partial charge in [0.15, 0.2) is 6.29 Å². The normalized spacial score (nSPS) is 29.8. The first-order valence-electron chi connectivity index (χ1n) is 3.31. The average Bonchev–Trinajstić information content (AvgIpc) is 2.48. The first-order valence-corrected chi connectivity index (χ1v) is 3.31. The van der Waals surface area contributed by atoms with Gasteiger partial charge in [0.2, 0.25) is 6.29 Å². The third kappa shape index (κ3) is 2.32. The largest absolute Gasteiger partial charge is 0.499 e.